The second-order valence-electron chi connectivity index (χ2n) is 4.31. The highest BCUT2D eigenvalue weighted by Crippen LogP contribution is 2.01. The summed E-state index contributed by atoms with van der Waals surface area (Å²) in [5.41, 5.74) is 0. The third-order valence-corrected chi connectivity index (χ3v) is 3.24. The smallest absolute Gasteiger partial charge is 0.326 e. The van der Waals surface area contributed by atoms with Crippen molar-refractivity contribution in [2.45, 2.75) is 38.3 Å². The van der Waals surface area contributed by atoms with Crippen LogP contribution in [0.25, 0.3) is 0 Å². The maximum atomic E-state index is 11.6. The van der Waals surface area contributed by atoms with Crippen molar-refractivity contribution in [1.29, 1.82) is 0 Å². The average molecular weight is 306 g/mol. The molecule has 2 amide bonds. The number of carbonyl (C=O) groups excluding carboxylic acids is 2. The number of hydrogen-bond donors (Lipinski definition) is 3. The molecule has 0 aliphatic carbocycles. The fraction of sp³-hybridized carbons (Fsp3) is 0.750. The number of methoxy groups -OCH3 is 1. The van der Waals surface area contributed by atoms with Crippen LogP contribution in [0.15, 0.2) is 0 Å². The number of carboxylic acids is 1. The molecule has 116 valence electrons. The van der Waals surface area contributed by atoms with Gasteiger partial charge < -0.3 is 20.5 Å². The summed E-state index contributed by atoms with van der Waals surface area (Å²) in [5.74, 6) is -0.779. The minimum Gasteiger partial charge on any atom is -0.480 e. The van der Waals surface area contributed by atoms with Crippen molar-refractivity contribution < 1.29 is 24.2 Å². The van der Waals surface area contributed by atoms with Crippen LogP contribution in [0.3, 0.4) is 0 Å². The van der Waals surface area contributed by atoms with Crippen LogP contribution in [0.2, 0.25) is 0 Å². The number of ether oxygens (including phenoxy) is 1. The van der Waals surface area contributed by atoms with Crippen molar-refractivity contribution in [2.75, 3.05) is 19.1 Å². The monoisotopic (exact) mass is 306 g/mol. The molecule has 0 aromatic heterocycles. The number of esters is 1. The first-order valence-electron chi connectivity index (χ1n) is 6.26. The Morgan fingerprint density at radius 3 is 2.40 bits per heavy atom. The minimum absolute atomic E-state index is 0.00534. The number of carboxylic acid groups (broad SMARTS) is 1. The highest BCUT2D eigenvalue weighted by molar-refractivity contribution is 7.98. The Morgan fingerprint density at radius 1 is 1.25 bits per heavy atom. The molecule has 0 radical (unpaired) electrons. The Hall–Kier alpha value is -1.44. The summed E-state index contributed by atoms with van der Waals surface area (Å²) < 4.78 is 4.43. The maximum Gasteiger partial charge on any atom is 0.326 e. The summed E-state index contributed by atoms with van der Waals surface area (Å²) in [6, 6.07) is -1.70. The molecule has 0 rings (SSSR count). The Bertz CT molecular complexity index is 338. The molecular weight excluding hydrogens is 284 g/mol. The predicted octanol–water partition coefficient (Wildman–Crippen LogP) is 0.834. The van der Waals surface area contributed by atoms with Gasteiger partial charge in [0.15, 0.2) is 0 Å². The highest BCUT2D eigenvalue weighted by atomic mass is 32.2. The van der Waals surface area contributed by atoms with Gasteiger partial charge in [-0.05, 0) is 31.8 Å². The molecule has 2 atom stereocenters. The number of hydrogen-bond acceptors (Lipinski definition) is 5. The van der Waals surface area contributed by atoms with Crippen molar-refractivity contribution in [2.24, 2.45) is 0 Å². The van der Waals surface area contributed by atoms with Crippen molar-refractivity contribution in [3.8, 4) is 0 Å². The van der Waals surface area contributed by atoms with Gasteiger partial charge >= 0.3 is 18.0 Å². The van der Waals surface area contributed by atoms with E-state index < -0.39 is 24.0 Å². The van der Waals surface area contributed by atoms with Gasteiger partial charge in [0, 0.05) is 12.5 Å². The predicted molar refractivity (Wildman–Crippen MR) is 76.8 cm³/mol. The molecule has 0 bridgehead atoms. The van der Waals surface area contributed by atoms with E-state index in [1.165, 1.54) is 7.11 Å². The highest BCUT2D eigenvalue weighted by Gasteiger charge is 2.21. The quantitative estimate of drug-likeness (QED) is 0.545. The molecule has 0 aliphatic rings. The van der Waals surface area contributed by atoms with E-state index in [4.69, 9.17) is 5.11 Å². The first-order valence-corrected chi connectivity index (χ1v) is 7.65. The average Bonchev–Trinajstić information content (AvgIpc) is 2.40. The van der Waals surface area contributed by atoms with Crippen molar-refractivity contribution >= 4 is 29.7 Å². The number of amides is 2. The Morgan fingerprint density at radius 2 is 1.90 bits per heavy atom. The summed E-state index contributed by atoms with van der Waals surface area (Å²) in [5, 5.41) is 14.0. The first-order chi connectivity index (χ1) is 9.40. The SMILES string of the molecule is COC(=O)CC[C@@H](NC(=O)NC(C)CCSC)C(=O)O. The summed E-state index contributed by atoms with van der Waals surface area (Å²) in [4.78, 5) is 33.6. The van der Waals surface area contributed by atoms with Crippen molar-refractivity contribution in [3.63, 3.8) is 0 Å². The molecule has 0 saturated heterocycles. The van der Waals surface area contributed by atoms with Crippen LogP contribution in [0.5, 0.6) is 0 Å². The normalized spacial score (nSPS) is 13.2. The van der Waals surface area contributed by atoms with Gasteiger partial charge in [-0.25, -0.2) is 9.59 Å². The van der Waals surface area contributed by atoms with Gasteiger partial charge in [-0.2, -0.15) is 11.8 Å². The molecule has 0 spiro atoms. The van der Waals surface area contributed by atoms with Gasteiger partial charge in [-0.15, -0.1) is 0 Å². The number of urea groups is 1. The number of thioether (sulfide) groups is 1. The van der Waals surface area contributed by atoms with E-state index in [0.29, 0.717) is 0 Å². The van der Waals surface area contributed by atoms with E-state index in [9.17, 15) is 14.4 Å². The first kappa shape index (κ1) is 18.6. The second kappa shape index (κ2) is 10.4. The molecule has 0 heterocycles. The van der Waals surface area contributed by atoms with Crippen molar-refractivity contribution in [1.82, 2.24) is 10.6 Å². The van der Waals surface area contributed by atoms with E-state index >= 15 is 0 Å². The molecule has 0 saturated carbocycles. The van der Waals surface area contributed by atoms with Gasteiger partial charge in [0.2, 0.25) is 0 Å². The lowest BCUT2D eigenvalue weighted by Crippen LogP contribution is -2.48. The summed E-state index contributed by atoms with van der Waals surface area (Å²) in [6.07, 6.45) is 2.71. The lowest BCUT2D eigenvalue weighted by Gasteiger charge is -2.18. The fourth-order valence-corrected chi connectivity index (χ4v) is 2.00. The Labute approximate surface area is 122 Å². The lowest BCUT2D eigenvalue weighted by molar-refractivity contribution is -0.142. The summed E-state index contributed by atoms with van der Waals surface area (Å²) in [7, 11) is 1.23. The largest absolute Gasteiger partial charge is 0.480 e. The molecular formula is C12H22N2O5S. The fourth-order valence-electron chi connectivity index (χ4n) is 1.41. The molecule has 0 aromatic rings. The van der Waals surface area contributed by atoms with E-state index in [1.807, 2.05) is 13.2 Å². The summed E-state index contributed by atoms with van der Waals surface area (Å²) in [6.45, 7) is 1.85. The van der Waals surface area contributed by atoms with Crippen LogP contribution in [0.4, 0.5) is 4.79 Å². The Balaban J connectivity index is 4.20. The zero-order valence-electron chi connectivity index (χ0n) is 12.0. The van der Waals surface area contributed by atoms with E-state index in [-0.39, 0.29) is 18.9 Å². The summed E-state index contributed by atoms with van der Waals surface area (Å²) >= 11 is 1.67. The van der Waals surface area contributed by atoms with Crippen LogP contribution in [0, 0.1) is 0 Å². The second-order valence-corrected chi connectivity index (χ2v) is 5.29. The minimum atomic E-state index is -1.18. The zero-order chi connectivity index (χ0) is 15.5. The van der Waals surface area contributed by atoms with Gasteiger partial charge in [0.1, 0.15) is 6.04 Å². The van der Waals surface area contributed by atoms with Gasteiger partial charge in [-0.3, -0.25) is 4.79 Å². The molecule has 1 unspecified atom stereocenters. The molecule has 0 fully saturated rings. The number of nitrogens with one attached hydrogen (secondary N) is 2. The number of aliphatic carboxylic acids is 1. The third kappa shape index (κ3) is 8.63. The molecule has 7 nitrogen and oxygen atoms in total. The lowest BCUT2D eigenvalue weighted by atomic mass is 10.1. The molecule has 20 heavy (non-hydrogen) atoms. The molecule has 8 heteroatoms. The maximum absolute atomic E-state index is 11.6. The van der Waals surface area contributed by atoms with Crippen LogP contribution >= 0.6 is 11.8 Å². The third-order valence-electron chi connectivity index (χ3n) is 2.60. The van der Waals surface area contributed by atoms with Gasteiger partial charge in [-0.1, -0.05) is 0 Å². The number of carbonyl (C=O) groups is 3. The van der Waals surface area contributed by atoms with Crippen LogP contribution in [-0.4, -0.2) is 54.3 Å². The zero-order valence-corrected chi connectivity index (χ0v) is 12.8. The van der Waals surface area contributed by atoms with E-state index in [1.54, 1.807) is 11.8 Å². The topological polar surface area (TPSA) is 105 Å². The van der Waals surface area contributed by atoms with Crippen molar-refractivity contribution in [3.05, 3.63) is 0 Å². The van der Waals surface area contributed by atoms with Crippen LogP contribution in [-0.2, 0) is 14.3 Å². The van der Waals surface area contributed by atoms with Crippen LogP contribution < -0.4 is 10.6 Å². The molecule has 0 aromatic carbocycles. The van der Waals surface area contributed by atoms with Gasteiger partial charge in [0.05, 0.1) is 7.11 Å². The van der Waals surface area contributed by atoms with Crippen LogP contribution in [0.1, 0.15) is 26.2 Å². The Kier molecular flexibility index (Phi) is 9.61. The van der Waals surface area contributed by atoms with Gasteiger partial charge in [0.25, 0.3) is 0 Å². The molecule has 0 aliphatic heterocycles. The number of rotatable bonds is 9. The standard InChI is InChI=1S/C12H22N2O5S/c1-8(6-7-20-3)13-12(18)14-9(11(16)17)4-5-10(15)19-2/h8-9H,4-7H2,1-3H3,(H,16,17)(H2,13,14,18)/t8?,9-/m1/s1. The molecule has 3 N–H and O–H groups in total. The van der Waals surface area contributed by atoms with E-state index in [0.717, 1.165) is 12.2 Å². The van der Waals surface area contributed by atoms with E-state index in [2.05, 4.69) is 15.4 Å².